The number of piperidine rings is 1. The largest absolute Gasteiger partial charge is 0.352 e. The normalized spacial score (nSPS) is 20.2. The fourth-order valence-electron chi connectivity index (χ4n) is 2.66. The molecule has 104 valence electrons. The van der Waals surface area contributed by atoms with Gasteiger partial charge in [-0.3, -0.25) is 4.79 Å². The quantitative estimate of drug-likeness (QED) is 0.846. The van der Waals surface area contributed by atoms with Gasteiger partial charge in [-0.2, -0.15) is 0 Å². The first kappa shape index (κ1) is 14.0. The highest BCUT2D eigenvalue weighted by Crippen LogP contribution is 2.11. The maximum absolute atomic E-state index is 12.1. The molecule has 1 unspecified atom stereocenters. The Hall–Kier alpha value is -1.39. The first-order chi connectivity index (χ1) is 9.19. The van der Waals surface area contributed by atoms with Gasteiger partial charge in [-0.25, -0.2) is 0 Å². The Balaban J connectivity index is 1.90. The lowest BCUT2D eigenvalue weighted by molar-refractivity contribution is -0.121. The first-order valence-corrected chi connectivity index (χ1v) is 6.94. The molecule has 1 aromatic rings. The van der Waals surface area contributed by atoms with E-state index in [9.17, 15) is 4.79 Å². The van der Waals surface area contributed by atoms with Gasteiger partial charge < -0.3 is 16.0 Å². The second kappa shape index (κ2) is 6.68. The highest BCUT2D eigenvalue weighted by Gasteiger charge is 2.19. The maximum atomic E-state index is 12.1. The van der Waals surface area contributed by atoms with E-state index in [4.69, 9.17) is 5.73 Å². The fourth-order valence-corrected chi connectivity index (χ4v) is 2.66. The van der Waals surface area contributed by atoms with Crippen LogP contribution in [0.25, 0.3) is 0 Å². The van der Waals surface area contributed by atoms with E-state index in [2.05, 4.69) is 17.3 Å². The van der Waals surface area contributed by atoms with Gasteiger partial charge in [-0.1, -0.05) is 24.3 Å². The van der Waals surface area contributed by atoms with Gasteiger partial charge in [0.15, 0.2) is 0 Å². The average Bonchev–Trinajstić information content (AvgIpc) is 2.39. The van der Waals surface area contributed by atoms with Crippen LogP contribution in [0.1, 0.15) is 24.0 Å². The molecule has 1 atom stereocenters. The Bertz CT molecular complexity index is 433. The number of nitrogens with two attached hydrogens (primary N) is 1. The molecule has 1 heterocycles. The zero-order chi connectivity index (χ0) is 13.7. The van der Waals surface area contributed by atoms with E-state index < -0.39 is 0 Å². The van der Waals surface area contributed by atoms with Crippen LogP contribution in [-0.2, 0) is 17.8 Å². The van der Waals surface area contributed by atoms with Crippen LogP contribution in [0.4, 0.5) is 0 Å². The molecule has 0 aromatic heterocycles. The van der Waals surface area contributed by atoms with Gasteiger partial charge in [-0.05, 0) is 37.6 Å². The van der Waals surface area contributed by atoms with E-state index in [1.54, 1.807) is 0 Å². The number of rotatable bonds is 4. The van der Waals surface area contributed by atoms with Crippen molar-refractivity contribution in [2.75, 3.05) is 20.1 Å². The fraction of sp³-hybridized carbons (Fsp3) is 0.533. The SMILES string of the molecule is CN1CCCC(NC(=O)Cc2ccccc2CN)C1. The standard InChI is InChI=1S/C15H23N3O/c1-18-8-4-7-14(11-18)17-15(19)9-12-5-2-3-6-13(12)10-16/h2-3,5-6,14H,4,7-11,16H2,1H3,(H,17,19). The van der Waals surface area contributed by atoms with Crippen molar-refractivity contribution in [2.45, 2.75) is 31.8 Å². The molecule has 1 saturated heterocycles. The lowest BCUT2D eigenvalue weighted by atomic mass is 10.0. The number of hydrogen-bond acceptors (Lipinski definition) is 3. The number of likely N-dealkylation sites (N-methyl/N-ethyl adjacent to an activating group) is 1. The summed E-state index contributed by atoms with van der Waals surface area (Å²) in [5.41, 5.74) is 7.78. The monoisotopic (exact) mass is 261 g/mol. The molecule has 1 amide bonds. The molecule has 1 aliphatic rings. The van der Waals surface area contributed by atoms with Gasteiger partial charge in [-0.15, -0.1) is 0 Å². The highest BCUT2D eigenvalue weighted by atomic mass is 16.1. The molecule has 2 rings (SSSR count). The summed E-state index contributed by atoms with van der Waals surface area (Å²) < 4.78 is 0. The van der Waals surface area contributed by atoms with Crippen molar-refractivity contribution in [3.05, 3.63) is 35.4 Å². The van der Waals surface area contributed by atoms with E-state index >= 15 is 0 Å². The number of nitrogens with zero attached hydrogens (tertiary/aromatic N) is 1. The Labute approximate surface area is 115 Å². The number of benzene rings is 1. The first-order valence-electron chi connectivity index (χ1n) is 6.94. The molecule has 1 aliphatic heterocycles. The third-order valence-electron chi connectivity index (χ3n) is 3.68. The summed E-state index contributed by atoms with van der Waals surface area (Å²) >= 11 is 0. The van der Waals surface area contributed by atoms with Gasteiger partial charge in [0.2, 0.25) is 5.91 Å². The molecule has 0 saturated carbocycles. The van der Waals surface area contributed by atoms with E-state index in [1.165, 1.54) is 0 Å². The Kier molecular flexibility index (Phi) is 4.93. The van der Waals surface area contributed by atoms with Crippen molar-refractivity contribution in [2.24, 2.45) is 5.73 Å². The predicted molar refractivity (Wildman–Crippen MR) is 76.7 cm³/mol. The Morgan fingerprint density at radius 3 is 2.84 bits per heavy atom. The van der Waals surface area contributed by atoms with Crippen molar-refractivity contribution < 1.29 is 4.79 Å². The summed E-state index contributed by atoms with van der Waals surface area (Å²) in [6, 6.07) is 8.16. The van der Waals surface area contributed by atoms with Crippen LogP contribution < -0.4 is 11.1 Å². The van der Waals surface area contributed by atoms with Gasteiger partial charge in [0.1, 0.15) is 0 Å². The maximum Gasteiger partial charge on any atom is 0.224 e. The van der Waals surface area contributed by atoms with Crippen molar-refractivity contribution in [3.63, 3.8) is 0 Å². The van der Waals surface area contributed by atoms with E-state index in [1.807, 2.05) is 24.3 Å². The van der Waals surface area contributed by atoms with Crippen LogP contribution in [0.2, 0.25) is 0 Å². The van der Waals surface area contributed by atoms with Crippen molar-refractivity contribution in [3.8, 4) is 0 Å². The van der Waals surface area contributed by atoms with Crippen LogP contribution >= 0.6 is 0 Å². The van der Waals surface area contributed by atoms with Crippen LogP contribution in [0, 0.1) is 0 Å². The van der Waals surface area contributed by atoms with Crippen LogP contribution in [0.15, 0.2) is 24.3 Å². The van der Waals surface area contributed by atoms with Gasteiger partial charge >= 0.3 is 0 Å². The lowest BCUT2D eigenvalue weighted by Gasteiger charge is -2.30. The second-order valence-electron chi connectivity index (χ2n) is 5.32. The van der Waals surface area contributed by atoms with Crippen molar-refractivity contribution >= 4 is 5.91 Å². The second-order valence-corrected chi connectivity index (χ2v) is 5.32. The third kappa shape index (κ3) is 4.04. The molecule has 3 N–H and O–H groups in total. The average molecular weight is 261 g/mol. The number of carbonyl (C=O) groups is 1. The minimum absolute atomic E-state index is 0.0983. The van der Waals surface area contributed by atoms with E-state index in [0.717, 1.165) is 37.1 Å². The lowest BCUT2D eigenvalue weighted by Crippen LogP contribution is -2.46. The van der Waals surface area contributed by atoms with Crippen LogP contribution in [-0.4, -0.2) is 37.0 Å². The molecular weight excluding hydrogens is 238 g/mol. The molecule has 4 nitrogen and oxygen atoms in total. The molecule has 0 radical (unpaired) electrons. The summed E-state index contributed by atoms with van der Waals surface area (Å²) in [4.78, 5) is 14.4. The Morgan fingerprint density at radius 1 is 1.42 bits per heavy atom. The summed E-state index contributed by atoms with van der Waals surface area (Å²) in [5, 5.41) is 3.13. The smallest absolute Gasteiger partial charge is 0.224 e. The molecule has 19 heavy (non-hydrogen) atoms. The van der Waals surface area contributed by atoms with Crippen LogP contribution in [0.5, 0.6) is 0 Å². The molecule has 4 heteroatoms. The van der Waals surface area contributed by atoms with Gasteiger partial charge in [0.05, 0.1) is 6.42 Å². The highest BCUT2D eigenvalue weighted by molar-refractivity contribution is 5.79. The number of amides is 1. The summed E-state index contributed by atoms with van der Waals surface area (Å²) in [6.07, 6.45) is 2.66. The van der Waals surface area contributed by atoms with Crippen molar-refractivity contribution in [1.82, 2.24) is 10.2 Å². The zero-order valence-corrected chi connectivity index (χ0v) is 11.6. The van der Waals surface area contributed by atoms with Gasteiger partial charge in [0, 0.05) is 19.1 Å². The number of hydrogen-bond donors (Lipinski definition) is 2. The molecule has 0 bridgehead atoms. The number of likely N-dealkylation sites (tertiary alicyclic amines) is 1. The topological polar surface area (TPSA) is 58.4 Å². The molecule has 0 spiro atoms. The third-order valence-corrected chi connectivity index (χ3v) is 3.68. The molecule has 1 fully saturated rings. The molecule has 1 aromatic carbocycles. The number of nitrogens with one attached hydrogen (secondary N) is 1. The van der Waals surface area contributed by atoms with E-state index in [-0.39, 0.29) is 11.9 Å². The van der Waals surface area contributed by atoms with Gasteiger partial charge in [0.25, 0.3) is 0 Å². The molecule has 0 aliphatic carbocycles. The molecular formula is C15H23N3O. The van der Waals surface area contributed by atoms with Crippen LogP contribution in [0.3, 0.4) is 0 Å². The minimum atomic E-state index is 0.0983. The predicted octanol–water partition coefficient (Wildman–Crippen LogP) is 0.898. The Morgan fingerprint density at radius 2 is 2.16 bits per heavy atom. The van der Waals surface area contributed by atoms with E-state index in [0.29, 0.717) is 13.0 Å². The number of carbonyl (C=O) groups excluding carboxylic acids is 1. The van der Waals surface area contributed by atoms with Crippen molar-refractivity contribution in [1.29, 1.82) is 0 Å². The summed E-state index contributed by atoms with van der Waals surface area (Å²) in [6.45, 7) is 2.56. The summed E-state index contributed by atoms with van der Waals surface area (Å²) in [5.74, 6) is 0.0983. The zero-order valence-electron chi connectivity index (χ0n) is 11.6. The minimum Gasteiger partial charge on any atom is -0.352 e. The summed E-state index contributed by atoms with van der Waals surface area (Å²) in [7, 11) is 2.10.